The van der Waals surface area contributed by atoms with Crippen molar-refractivity contribution in [3.8, 4) is 5.88 Å². The van der Waals surface area contributed by atoms with Gasteiger partial charge in [-0.15, -0.1) is 0 Å². The lowest BCUT2D eigenvalue weighted by atomic mass is 10.1. The Morgan fingerprint density at radius 3 is 2.56 bits per heavy atom. The SMILES string of the molecule is Cc1ncc(C(C)Nc2ccc(OC3CCN(C)CC3)nc2)c(C)n1. The van der Waals surface area contributed by atoms with Crippen molar-refractivity contribution in [1.29, 1.82) is 0 Å². The summed E-state index contributed by atoms with van der Waals surface area (Å²) in [5.74, 6) is 1.49. The first kappa shape index (κ1) is 17.6. The Kier molecular flexibility index (Phi) is 5.48. The molecule has 3 heterocycles. The van der Waals surface area contributed by atoms with E-state index < -0.39 is 0 Å². The van der Waals surface area contributed by atoms with Crippen LogP contribution in [0, 0.1) is 13.8 Å². The predicted octanol–water partition coefficient (Wildman–Crippen LogP) is 3.13. The highest BCUT2D eigenvalue weighted by Crippen LogP contribution is 2.22. The maximum atomic E-state index is 5.99. The van der Waals surface area contributed by atoms with Gasteiger partial charge in [0.1, 0.15) is 11.9 Å². The number of hydrogen-bond acceptors (Lipinski definition) is 6. The van der Waals surface area contributed by atoms with Gasteiger partial charge in [0.2, 0.25) is 5.88 Å². The minimum Gasteiger partial charge on any atom is -0.474 e. The Labute approximate surface area is 149 Å². The van der Waals surface area contributed by atoms with Gasteiger partial charge in [-0.2, -0.15) is 0 Å². The summed E-state index contributed by atoms with van der Waals surface area (Å²) in [5, 5.41) is 3.45. The van der Waals surface area contributed by atoms with Crippen molar-refractivity contribution in [1.82, 2.24) is 19.9 Å². The third-order valence-corrected chi connectivity index (χ3v) is 4.68. The summed E-state index contributed by atoms with van der Waals surface area (Å²) < 4.78 is 5.99. The lowest BCUT2D eigenvalue weighted by Gasteiger charge is -2.28. The lowest BCUT2D eigenvalue weighted by molar-refractivity contribution is 0.110. The van der Waals surface area contributed by atoms with Gasteiger partial charge in [0.15, 0.2) is 0 Å². The Balaban J connectivity index is 1.58. The molecule has 0 saturated carbocycles. The van der Waals surface area contributed by atoms with Gasteiger partial charge in [-0.1, -0.05) is 0 Å². The second-order valence-electron chi connectivity index (χ2n) is 6.83. The van der Waals surface area contributed by atoms with E-state index in [1.165, 1.54) is 0 Å². The topological polar surface area (TPSA) is 63.2 Å². The Bertz CT molecular complexity index is 695. The average molecular weight is 341 g/mol. The molecule has 2 aromatic rings. The lowest BCUT2D eigenvalue weighted by Crippen LogP contribution is -2.35. The third-order valence-electron chi connectivity index (χ3n) is 4.68. The quantitative estimate of drug-likeness (QED) is 0.901. The third kappa shape index (κ3) is 4.66. The molecular weight excluding hydrogens is 314 g/mol. The van der Waals surface area contributed by atoms with Gasteiger partial charge >= 0.3 is 0 Å². The normalized spacial score (nSPS) is 17.3. The van der Waals surface area contributed by atoms with Crippen LogP contribution in [-0.2, 0) is 0 Å². The molecule has 25 heavy (non-hydrogen) atoms. The first-order valence-corrected chi connectivity index (χ1v) is 8.89. The number of piperidine rings is 1. The highest BCUT2D eigenvalue weighted by Gasteiger charge is 2.18. The molecule has 1 aliphatic rings. The molecule has 0 radical (unpaired) electrons. The van der Waals surface area contributed by atoms with Crippen LogP contribution in [-0.4, -0.2) is 46.1 Å². The molecule has 1 N–H and O–H groups in total. The van der Waals surface area contributed by atoms with Crippen LogP contribution in [0.15, 0.2) is 24.5 Å². The van der Waals surface area contributed by atoms with Gasteiger partial charge in [-0.3, -0.25) is 0 Å². The van der Waals surface area contributed by atoms with Crippen molar-refractivity contribution in [3.63, 3.8) is 0 Å². The van der Waals surface area contributed by atoms with Crippen molar-refractivity contribution in [2.75, 3.05) is 25.5 Å². The molecule has 1 aliphatic heterocycles. The number of aromatic nitrogens is 3. The number of nitrogens with zero attached hydrogens (tertiary/aromatic N) is 4. The molecule has 0 aromatic carbocycles. The number of likely N-dealkylation sites (tertiary alicyclic amines) is 1. The van der Waals surface area contributed by atoms with Gasteiger partial charge in [0.05, 0.1) is 17.9 Å². The van der Waals surface area contributed by atoms with Crippen molar-refractivity contribution in [3.05, 3.63) is 41.6 Å². The fourth-order valence-electron chi connectivity index (χ4n) is 3.15. The van der Waals surface area contributed by atoms with Crippen LogP contribution in [0.1, 0.15) is 42.9 Å². The summed E-state index contributed by atoms with van der Waals surface area (Å²) in [5.41, 5.74) is 3.06. The Hall–Kier alpha value is -2.21. The maximum absolute atomic E-state index is 5.99. The van der Waals surface area contributed by atoms with Crippen LogP contribution in [0.3, 0.4) is 0 Å². The summed E-state index contributed by atoms with van der Waals surface area (Å²) >= 11 is 0. The fraction of sp³-hybridized carbons (Fsp3) is 0.526. The fourth-order valence-corrected chi connectivity index (χ4v) is 3.15. The van der Waals surface area contributed by atoms with E-state index in [-0.39, 0.29) is 12.1 Å². The molecule has 0 amide bonds. The van der Waals surface area contributed by atoms with E-state index in [2.05, 4.69) is 39.1 Å². The number of ether oxygens (including phenoxy) is 1. The molecule has 2 aromatic heterocycles. The monoisotopic (exact) mass is 341 g/mol. The summed E-state index contributed by atoms with van der Waals surface area (Å²) in [4.78, 5) is 15.5. The second kappa shape index (κ2) is 7.78. The maximum Gasteiger partial charge on any atom is 0.213 e. The van der Waals surface area contributed by atoms with Crippen molar-refractivity contribution < 1.29 is 4.74 Å². The minimum absolute atomic E-state index is 0.114. The van der Waals surface area contributed by atoms with E-state index in [4.69, 9.17) is 4.74 Å². The van der Waals surface area contributed by atoms with E-state index in [1.807, 2.05) is 38.4 Å². The van der Waals surface area contributed by atoms with Gasteiger partial charge in [0, 0.05) is 36.6 Å². The summed E-state index contributed by atoms with van der Waals surface area (Å²) in [6, 6.07) is 4.06. The van der Waals surface area contributed by atoms with Crippen LogP contribution in [0.4, 0.5) is 5.69 Å². The van der Waals surface area contributed by atoms with Crippen LogP contribution >= 0.6 is 0 Å². The highest BCUT2D eigenvalue weighted by atomic mass is 16.5. The molecule has 6 nitrogen and oxygen atoms in total. The van der Waals surface area contributed by atoms with Gasteiger partial charge in [0.25, 0.3) is 0 Å². The molecule has 1 fully saturated rings. The van der Waals surface area contributed by atoms with Crippen molar-refractivity contribution in [2.24, 2.45) is 0 Å². The van der Waals surface area contributed by atoms with Crippen molar-refractivity contribution in [2.45, 2.75) is 45.8 Å². The van der Waals surface area contributed by atoms with Gasteiger partial charge < -0.3 is 15.0 Å². The molecule has 0 aliphatic carbocycles. The zero-order valence-electron chi connectivity index (χ0n) is 15.5. The smallest absolute Gasteiger partial charge is 0.213 e. The van der Waals surface area contributed by atoms with Gasteiger partial charge in [-0.05, 0) is 46.7 Å². The molecular formula is C19H27N5O. The molecule has 0 bridgehead atoms. The Morgan fingerprint density at radius 1 is 1.16 bits per heavy atom. The number of nitrogens with one attached hydrogen (secondary N) is 1. The Morgan fingerprint density at radius 2 is 1.92 bits per heavy atom. The molecule has 1 unspecified atom stereocenters. The molecule has 1 atom stereocenters. The zero-order valence-corrected chi connectivity index (χ0v) is 15.5. The van der Waals surface area contributed by atoms with Crippen LogP contribution in [0.2, 0.25) is 0 Å². The zero-order chi connectivity index (χ0) is 17.8. The first-order chi connectivity index (χ1) is 12.0. The molecule has 1 saturated heterocycles. The van der Waals surface area contributed by atoms with Crippen LogP contribution in [0.5, 0.6) is 5.88 Å². The van der Waals surface area contributed by atoms with E-state index in [0.29, 0.717) is 5.88 Å². The molecule has 3 rings (SSSR count). The minimum atomic E-state index is 0.114. The number of aryl methyl sites for hydroxylation is 2. The van der Waals surface area contributed by atoms with E-state index >= 15 is 0 Å². The summed E-state index contributed by atoms with van der Waals surface area (Å²) in [6.07, 6.45) is 6.10. The van der Waals surface area contributed by atoms with E-state index in [0.717, 1.165) is 48.7 Å². The average Bonchev–Trinajstić information content (AvgIpc) is 2.58. The predicted molar refractivity (Wildman–Crippen MR) is 98.9 cm³/mol. The first-order valence-electron chi connectivity index (χ1n) is 8.89. The molecule has 0 spiro atoms. The molecule has 134 valence electrons. The van der Waals surface area contributed by atoms with Gasteiger partial charge in [-0.25, -0.2) is 15.0 Å². The van der Waals surface area contributed by atoms with Crippen LogP contribution < -0.4 is 10.1 Å². The summed E-state index contributed by atoms with van der Waals surface area (Å²) in [6.45, 7) is 8.18. The van der Waals surface area contributed by atoms with Crippen LogP contribution in [0.25, 0.3) is 0 Å². The highest BCUT2D eigenvalue weighted by molar-refractivity contribution is 5.44. The van der Waals surface area contributed by atoms with E-state index in [1.54, 1.807) is 0 Å². The summed E-state index contributed by atoms with van der Waals surface area (Å²) in [7, 11) is 2.15. The largest absolute Gasteiger partial charge is 0.474 e. The standard InChI is InChI=1S/C19H27N5O/c1-13-18(12-20-15(3)22-13)14(2)23-16-5-6-19(21-11-16)25-17-7-9-24(4)10-8-17/h5-6,11-12,14,17,23H,7-10H2,1-4H3. The number of anilines is 1. The number of rotatable bonds is 5. The second-order valence-corrected chi connectivity index (χ2v) is 6.83. The van der Waals surface area contributed by atoms with Crippen molar-refractivity contribution >= 4 is 5.69 Å². The molecule has 6 heteroatoms. The van der Waals surface area contributed by atoms with E-state index in [9.17, 15) is 0 Å². The number of pyridine rings is 1. The number of hydrogen-bond donors (Lipinski definition) is 1.